The Morgan fingerprint density at radius 1 is 1.12 bits per heavy atom. The number of nitrogens with one attached hydrogen (secondary N) is 1. The fourth-order valence-electron chi connectivity index (χ4n) is 2.65. The van der Waals surface area contributed by atoms with E-state index >= 15 is 0 Å². The highest BCUT2D eigenvalue weighted by Gasteiger charge is 2.10. The van der Waals surface area contributed by atoms with Gasteiger partial charge in [-0.3, -0.25) is 0 Å². The van der Waals surface area contributed by atoms with Gasteiger partial charge in [0.05, 0.1) is 18.7 Å². The zero-order valence-electron chi connectivity index (χ0n) is 13.7. The van der Waals surface area contributed by atoms with Crippen LogP contribution in [0, 0.1) is 6.92 Å². The molecule has 1 heterocycles. The number of nitrogens with zero attached hydrogens (tertiary/aromatic N) is 1. The molecule has 24 heavy (non-hydrogen) atoms. The van der Waals surface area contributed by atoms with Crippen molar-refractivity contribution in [1.29, 1.82) is 0 Å². The highest BCUT2D eigenvalue weighted by Crippen LogP contribution is 2.30. The van der Waals surface area contributed by atoms with Crippen molar-refractivity contribution >= 4 is 40.6 Å². The van der Waals surface area contributed by atoms with Crippen LogP contribution in [0.4, 0.5) is 5.69 Å². The van der Waals surface area contributed by atoms with Crippen LogP contribution in [0.2, 0.25) is 0 Å². The van der Waals surface area contributed by atoms with Gasteiger partial charge in [0.1, 0.15) is 11.3 Å². The molecule has 2 aromatic carbocycles. The molecule has 3 nitrogen and oxygen atoms in total. The molecule has 0 atom stereocenters. The zero-order chi connectivity index (χ0) is 16.2. The Balaban J connectivity index is 0.00000208. The van der Waals surface area contributed by atoms with Crippen molar-refractivity contribution in [1.82, 2.24) is 4.98 Å². The Hall–Kier alpha value is -1.97. The molecule has 0 saturated heterocycles. The molecule has 3 rings (SSSR count). The Morgan fingerprint density at radius 2 is 1.92 bits per heavy atom. The van der Waals surface area contributed by atoms with Crippen LogP contribution in [0.1, 0.15) is 16.8 Å². The van der Waals surface area contributed by atoms with Gasteiger partial charge in [-0.1, -0.05) is 36.4 Å². The summed E-state index contributed by atoms with van der Waals surface area (Å²) in [7, 11) is 1.66. The number of benzene rings is 2. The van der Waals surface area contributed by atoms with Gasteiger partial charge in [-0.15, -0.1) is 24.0 Å². The first-order chi connectivity index (χ1) is 11.2. The molecule has 0 radical (unpaired) electrons. The van der Waals surface area contributed by atoms with E-state index in [1.165, 1.54) is 11.1 Å². The summed E-state index contributed by atoms with van der Waals surface area (Å²) in [4.78, 5) is 4.60. The van der Waals surface area contributed by atoms with Crippen LogP contribution in [0.15, 0.2) is 48.5 Å². The van der Waals surface area contributed by atoms with Gasteiger partial charge in [0.15, 0.2) is 0 Å². The molecule has 0 bridgehead atoms. The summed E-state index contributed by atoms with van der Waals surface area (Å²) >= 11 is 6.01. The predicted molar refractivity (Wildman–Crippen MR) is 104 cm³/mol. The lowest BCUT2D eigenvalue weighted by molar-refractivity contribution is 0.419. The zero-order valence-corrected chi connectivity index (χ0v) is 15.2. The van der Waals surface area contributed by atoms with E-state index < -0.39 is 0 Å². The van der Waals surface area contributed by atoms with E-state index in [-0.39, 0.29) is 12.4 Å². The first-order valence-corrected chi connectivity index (χ1v) is 8.07. The van der Waals surface area contributed by atoms with Crippen molar-refractivity contribution in [3.05, 3.63) is 65.4 Å². The number of ether oxygens (including phenoxy) is 1. The number of aromatic nitrogens is 1. The molecular formula is C19H20Cl2N2O. The third kappa shape index (κ3) is 3.74. The van der Waals surface area contributed by atoms with Crippen LogP contribution in [0.25, 0.3) is 10.9 Å². The number of halogens is 2. The summed E-state index contributed by atoms with van der Waals surface area (Å²) in [5, 5.41) is 4.55. The number of fused-ring (bicyclic) bond motifs is 1. The van der Waals surface area contributed by atoms with Crippen molar-refractivity contribution < 1.29 is 4.74 Å². The van der Waals surface area contributed by atoms with Crippen molar-refractivity contribution in [2.75, 3.05) is 12.4 Å². The normalized spacial score (nSPS) is 10.3. The van der Waals surface area contributed by atoms with Crippen LogP contribution in [-0.4, -0.2) is 12.1 Å². The lowest BCUT2D eigenvalue weighted by Crippen LogP contribution is -2.03. The van der Waals surface area contributed by atoms with E-state index in [1.54, 1.807) is 7.11 Å². The van der Waals surface area contributed by atoms with Gasteiger partial charge in [0.2, 0.25) is 0 Å². The summed E-state index contributed by atoms with van der Waals surface area (Å²) in [5.74, 6) is 1.13. The van der Waals surface area contributed by atoms with Gasteiger partial charge in [-0.25, -0.2) is 4.98 Å². The minimum atomic E-state index is 0. The number of hydrogen-bond acceptors (Lipinski definition) is 3. The van der Waals surface area contributed by atoms with Crippen molar-refractivity contribution in [3.8, 4) is 5.75 Å². The largest absolute Gasteiger partial charge is 0.494 e. The van der Waals surface area contributed by atoms with Crippen LogP contribution >= 0.6 is 24.0 Å². The lowest BCUT2D eigenvalue weighted by atomic mass is 10.1. The molecule has 0 aliphatic carbocycles. The maximum absolute atomic E-state index is 6.01. The van der Waals surface area contributed by atoms with Gasteiger partial charge in [0, 0.05) is 17.6 Å². The smallest absolute Gasteiger partial charge is 0.145 e. The van der Waals surface area contributed by atoms with E-state index in [9.17, 15) is 0 Å². The first kappa shape index (κ1) is 18.4. The molecule has 0 aliphatic heterocycles. The molecule has 5 heteroatoms. The number of aryl methyl sites for hydroxylation is 1. The SMILES string of the molecule is COc1cccc2c(NCc3ccccc3C)cc(CCl)nc12.Cl. The Bertz CT molecular complexity index is 837. The number of hydrogen-bond donors (Lipinski definition) is 1. The van der Waals surface area contributed by atoms with Gasteiger partial charge < -0.3 is 10.1 Å². The second-order valence-corrected chi connectivity index (χ2v) is 5.70. The maximum Gasteiger partial charge on any atom is 0.145 e. The molecule has 1 N–H and O–H groups in total. The Morgan fingerprint density at radius 3 is 2.62 bits per heavy atom. The fourth-order valence-corrected chi connectivity index (χ4v) is 2.79. The Kier molecular flexibility index (Phi) is 6.29. The maximum atomic E-state index is 6.01. The average molecular weight is 363 g/mol. The molecule has 0 spiro atoms. The van der Waals surface area contributed by atoms with Crippen LogP contribution in [0.3, 0.4) is 0 Å². The number of rotatable bonds is 5. The summed E-state index contributed by atoms with van der Waals surface area (Å²) < 4.78 is 5.43. The fraction of sp³-hybridized carbons (Fsp3) is 0.211. The van der Waals surface area contributed by atoms with Gasteiger partial charge >= 0.3 is 0 Å². The summed E-state index contributed by atoms with van der Waals surface area (Å²) in [6.45, 7) is 2.87. The van der Waals surface area contributed by atoms with Crippen LogP contribution in [-0.2, 0) is 12.4 Å². The quantitative estimate of drug-likeness (QED) is 0.623. The van der Waals surface area contributed by atoms with Crippen molar-refractivity contribution in [2.24, 2.45) is 0 Å². The Labute approximate surface area is 153 Å². The molecule has 3 aromatic rings. The third-order valence-electron chi connectivity index (χ3n) is 3.94. The lowest BCUT2D eigenvalue weighted by Gasteiger charge is -2.14. The third-order valence-corrected chi connectivity index (χ3v) is 4.22. The molecule has 0 amide bonds. The molecule has 0 saturated carbocycles. The number of para-hydroxylation sites is 1. The van der Waals surface area contributed by atoms with E-state index in [0.717, 1.165) is 34.6 Å². The van der Waals surface area contributed by atoms with Crippen molar-refractivity contribution in [3.63, 3.8) is 0 Å². The molecule has 0 unspecified atom stereocenters. The van der Waals surface area contributed by atoms with Gasteiger partial charge in [-0.05, 0) is 30.2 Å². The molecule has 0 fully saturated rings. The van der Waals surface area contributed by atoms with Crippen LogP contribution < -0.4 is 10.1 Å². The average Bonchev–Trinajstić information content (AvgIpc) is 2.60. The van der Waals surface area contributed by atoms with Gasteiger partial charge in [-0.2, -0.15) is 0 Å². The number of alkyl halides is 1. The molecular weight excluding hydrogens is 343 g/mol. The number of methoxy groups -OCH3 is 1. The molecule has 126 valence electrons. The minimum Gasteiger partial charge on any atom is -0.494 e. The highest BCUT2D eigenvalue weighted by atomic mass is 35.5. The topological polar surface area (TPSA) is 34.1 Å². The highest BCUT2D eigenvalue weighted by molar-refractivity contribution is 6.17. The summed E-state index contributed by atoms with van der Waals surface area (Å²) in [6, 6.07) is 16.3. The second-order valence-electron chi connectivity index (χ2n) is 5.43. The predicted octanol–water partition coefficient (Wildman–Crippen LogP) is 5.32. The van der Waals surface area contributed by atoms with Crippen LogP contribution in [0.5, 0.6) is 5.75 Å². The minimum absolute atomic E-state index is 0. The summed E-state index contributed by atoms with van der Waals surface area (Å²) in [6.07, 6.45) is 0. The van der Waals surface area contributed by atoms with E-state index in [0.29, 0.717) is 5.88 Å². The van der Waals surface area contributed by atoms with Gasteiger partial charge in [0.25, 0.3) is 0 Å². The van der Waals surface area contributed by atoms with E-state index in [1.807, 2.05) is 24.3 Å². The molecule has 1 aromatic heterocycles. The summed E-state index contributed by atoms with van der Waals surface area (Å²) in [5.41, 5.74) is 5.23. The molecule has 0 aliphatic rings. The first-order valence-electron chi connectivity index (χ1n) is 7.54. The van der Waals surface area contributed by atoms with Crippen molar-refractivity contribution in [2.45, 2.75) is 19.3 Å². The standard InChI is InChI=1S/C19H19ClN2O.ClH/c1-13-6-3-4-7-14(13)12-21-17-10-15(11-20)22-19-16(17)8-5-9-18(19)23-2;/h3-10H,11-12H2,1-2H3,(H,21,22);1H. The number of anilines is 1. The monoisotopic (exact) mass is 362 g/mol. The van der Waals surface area contributed by atoms with E-state index in [2.05, 4.69) is 41.5 Å². The second kappa shape index (κ2) is 8.22. The van der Waals surface area contributed by atoms with E-state index in [4.69, 9.17) is 16.3 Å². The number of pyridine rings is 1.